The molecule has 2 aliphatic rings. The summed E-state index contributed by atoms with van der Waals surface area (Å²) in [6.45, 7) is 5.83. The van der Waals surface area contributed by atoms with Crippen LogP contribution < -0.4 is 20.4 Å². The number of amides is 1. The zero-order valence-electron chi connectivity index (χ0n) is 13.5. The van der Waals surface area contributed by atoms with Crippen LogP contribution in [0.4, 0.5) is 20.6 Å². The lowest BCUT2D eigenvalue weighted by molar-refractivity contribution is 0.143. The first-order chi connectivity index (χ1) is 11.5. The standard InChI is InChI=1S/C16H21FN4O2S/c1-11(24)19-9-13-10-21(16(22)23-13)12-2-3-15(14(17)8-12)20-6-4-18-5-7-20/h2-3,8,13,18H,4-7,9-10H2,1H3,(H,19,24)/t13-/m0/s1. The van der Waals surface area contributed by atoms with Crippen molar-refractivity contribution in [1.29, 1.82) is 0 Å². The summed E-state index contributed by atoms with van der Waals surface area (Å²) in [5, 5.41) is 6.23. The van der Waals surface area contributed by atoms with Gasteiger partial charge in [0, 0.05) is 26.2 Å². The zero-order valence-corrected chi connectivity index (χ0v) is 14.4. The fourth-order valence-electron chi connectivity index (χ4n) is 2.92. The molecule has 3 rings (SSSR count). The van der Waals surface area contributed by atoms with Gasteiger partial charge in [0.2, 0.25) is 0 Å². The van der Waals surface area contributed by atoms with Crippen LogP contribution in [0.5, 0.6) is 0 Å². The highest BCUT2D eigenvalue weighted by atomic mass is 32.1. The second kappa shape index (κ2) is 7.31. The predicted molar refractivity (Wildman–Crippen MR) is 95.4 cm³/mol. The summed E-state index contributed by atoms with van der Waals surface area (Å²) in [5.74, 6) is -0.321. The van der Waals surface area contributed by atoms with Crippen LogP contribution >= 0.6 is 12.2 Å². The minimum absolute atomic E-state index is 0.300. The molecule has 2 N–H and O–H groups in total. The van der Waals surface area contributed by atoms with Crippen molar-refractivity contribution in [3.05, 3.63) is 24.0 Å². The lowest BCUT2D eigenvalue weighted by atomic mass is 10.2. The minimum atomic E-state index is -0.460. The van der Waals surface area contributed by atoms with Gasteiger partial charge in [0.15, 0.2) is 0 Å². The number of benzene rings is 1. The minimum Gasteiger partial charge on any atom is -0.442 e. The van der Waals surface area contributed by atoms with E-state index in [1.807, 2.05) is 4.90 Å². The fraction of sp³-hybridized carbons (Fsp3) is 0.500. The van der Waals surface area contributed by atoms with E-state index in [2.05, 4.69) is 10.6 Å². The largest absolute Gasteiger partial charge is 0.442 e. The van der Waals surface area contributed by atoms with Gasteiger partial charge in [-0.15, -0.1) is 0 Å². The van der Waals surface area contributed by atoms with E-state index in [1.165, 1.54) is 11.0 Å². The Morgan fingerprint density at radius 1 is 1.46 bits per heavy atom. The highest BCUT2D eigenvalue weighted by Crippen LogP contribution is 2.28. The van der Waals surface area contributed by atoms with E-state index in [4.69, 9.17) is 17.0 Å². The maximum atomic E-state index is 14.5. The van der Waals surface area contributed by atoms with Gasteiger partial charge in [-0.2, -0.15) is 0 Å². The number of cyclic esters (lactones) is 1. The molecule has 0 unspecified atom stereocenters. The number of rotatable bonds is 4. The molecule has 1 atom stereocenters. The smallest absolute Gasteiger partial charge is 0.414 e. The van der Waals surface area contributed by atoms with Crippen LogP contribution in [0.25, 0.3) is 0 Å². The third-order valence-corrected chi connectivity index (χ3v) is 4.30. The first-order valence-corrected chi connectivity index (χ1v) is 8.43. The van der Waals surface area contributed by atoms with Crippen LogP contribution in [-0.4, -0.2) is 56.5 Å². The summed E-state index contributed by atoms with van der Waals surface area (Å²) < 4.78 is 19.8. The number of hydrogen-bond acceptors (Lipinski definition) is 5. The molecule has 1 aromatic carbocycles. The first-order valence-electron chi connectivity index (χ1n) is 8.02. The molecule has 0 aliphatic carbocycles. The van der Waals surface area contributed by atoms with E-state index in [1.54, 1.807) is 19.1 Å². The Morgan fingerprint density at radius 2 is 2.21 bits per heavy atom. The lowest BCUT2D eigenvalue weighted by Crippen LogP contribution is -2.43. The molecule has 130 valence electrons. The summed E-state index contributed by atoms with van der Waals surface area (Å²) >= 11 is 4.95. The van der Waals surface area contributed by atoms with Crippen molar-refractivity contribution < 1.29 is 13.9 Å². The zero-order chi connectivity index (χ0) is 17.1. The van der Waals surface area contributed by atoms with Gasteiger partial charge in [-0.1, -0.05) is 12.2 Å². The number of thiocarbonyl (C=S) groups is 1. The van der Waals surface area contributed by atoms with Crippen LogP contribution in [0.2, 0.25) is 0 Å². The summed E-state index contributed by atoms with van der Waals surface area (Å²) in [5.41, 5.74) is 1.08. The molecule has 8 heteroatoms. The Morgan fingerprint density at radius 3 is 2.88 bits per heavy atom. The summed E-state index contributed by atoms with van der Waals surface area (Å²) in [7, 11) is 0. The molecular weight excluding hydrogens is 331 g/mol. The van der Waals surface area contributed by atoms with E-state index >= 15 is 0 Å². The second-order valence-corrected chi connectivity index (χ2v) is 6.54. The van der Waals surface area contributed by atoms with Gasteiger partial charge in [0.1, 0.15) is 11.9 Å². The van der Waals surface area contributed by atoms with Crippen LogP contribution in [0, 0.1) is 5.82 Å². The number of piperazine rings is 1. The predicted octanol–water partition coefficient (Wildman–Crippen LogP) is 1.50. The monoisotopic (exact) mass is 352 g/mol. The van der Waals surface area contributed by atoms with Gasteiger partial charge in [0.25, 0.3) is 0 Å². The average Bonchev–Trinajstić information content (AvgIpc) is 2.94. The van der Waals surface area contributed by atoms with E-state index in [0.717, 1.165) is 26.2 Å². The first kappa shape index (κ1) is 16.9. The van der Waals surface area contributed by atoms with E-state index in [-0.39, 0.29) is 11.9 Å². The normalized spacial score (nSPS) is 20.9. The molecule has 2 heterocycles. The third-order valence-electron chi connectivity index (χ3n) is 4.15. The van der Waals surface area contributed by atoms with Crippen molar-refractivity contribution in [2.24, 2.45) is 0 Å². The average molecular weight is 352 g/mol. The van der Waals surface area contributed by atoms with Crippen molar-refractivity contribution in [1.82, 2.24) is 10.6 Å². The summed E-state index contributed by atoms with van der Waals surface area (Å²) in [6, 6.07) is 4.90. The molecule has 24 heavy (non-hydrogen) atoms. The molecule has 0 saturated carbocycles. The Balaban J connectivity index is 1.69. The lowest BCUT2D eigenvalue weighted by Gasteiger charge is -2.30. The third kappa shape index (κ3) is 3.76. The van der Waals surface area contributed by atoms with Crippen molar-refractivity contribution >= 4 is 34.7 Å². The number of nitrogens with zero attached hydrogens (tertiary/aromatic N) is 2. The number of halogens is 1. The van der Waals surface area contributed by atoms with Gasteiger partial charge in [0.05, 0.1) is 29.5 Å². The molecule has 0 bridgehead atoms. The van der Waals surface area contributed by atoms with E-state index in [9.17, 15) is 9.18 Å². The molecule has 6 nitrogen and oxygen atoms in total. The van der Waals surface area contributed by atoms with Crippen LogP contribution in [0.15, 0.2) is 18.2 Å². The maximum absolute atomic E-state index is 14.5. The van der Waals surface area contributed by atoms with Gasteiger partial charge >= 0.3 is 6.09 Å². The van der Waals surface area contributed by atoms with Crippen molar-refractivity contribution in [3.8, 4) is 0 Å². The number of hydrogen-bond donors (Lipinski definition) is 2. The van der Waals surface area contributed by atoms with Crippen LogP contribution in [0.3, 0.4) is 0 Å². The molecular formula is C16H21FN4O2S. The van der Waals surface area contributed by atoms with Crippen LogP contribution in [-0.2, 0) is 4.74 Å². The number of anilines is 2. The molecule has 1 aromatic rings. The van der Waals surface area contributed by atoms with Gasteiger partial charge < -0.3 is 20.3 Å². The Kier molecular flexibility index (Phi) is 5.15. The molecule has 2 aliphatic heterocycles. The SMILES string of the molecule is CC(=S)NC[C@H]1CN(c2ccc(N3CCNCC3)c(F)c2)C(=O)O1. The molecule has 1 amide bonds. The number of carbonyl (C=O) groups excluding carboxylic acids is 1. The van der Waals surface area contributed by atoms with E-state index < -0.39 is 6.09 Å². The topological polar surface area (TPSA) is 56.8 Å². The quantitative estimate of drug-likeness (QED) is 0.801. The van der Waals surface area contributed by atoms with Crippen molar-refractivity contribution in [2.75, 3.05) is 49.1 Å². The van der Waals surface area contributed by atoms with E-state index in [0.29, 0.717) is 29.5 Å². The Hall–Kier alpha value is -1.93. The van der Waals surface area contributed by atoms with Gasteiger partial charge in [-0.3, -0.25) is 4.90 Å². The Bertz CT molecular complexity index is 637. The summed E-state index contributed by atoms with van der Waals surface area (Å²) in [4.78, 5) is 16.1. The molecule has 2 saturated heterocycles. The van der Waals surface area contributed by atoms with Gasteiger partial charge in [-0.25, -0.2) is 9.18 Å². The highest BCUT2D eigenvalue weighted by Gasteiger charge is 2.32. The van der Waals surface area contributed by atoms with Crippen LogP contribution in [0.1, 0.15) is 6.92 Å². The van der Waals surface area contributed by atoms with Gasteiger partial charge in [-0.05, 0) is 25.1 Å². The number of carbonyl (C=O) groups is 1. The fourth-order valence-corrected chi connectivity index (χ4v) is 3.01. The maximum Gasteiger partial charge on any atom is 0.414 e. The molecule has 0 spiro atoms. The Labute approximate surface area is 145 Å². The number of nitrogens with one attached hydrogen (secondary N) is 2. The van der Waals surface area contributed by atoms with Crippen molar-refractivity contribution in [2.45, 2.75) is 13.0 Å². The molecule has 2 fully saturated rings. The molecule has 0 aromatic heterocycles. The second-order valence-electron chi connectivity index (χ2n) is 5.93. The number of ether oxygens (including phenoxy) is 1. The van der Waals surface area contributed by atoms with Crippen molar-refractivity contribution in [3.63, 3.8) is 0 Å². The highest BCUT2D eigenvalue weighted by molar-refractivity contribution is 7.80. The summed E-state index contributed by atoms with van der Waals surface area (Å²) in [6.07, 6.45) is -0.760. The molecule has 0 radical (unpaired) electrons.